The molecular formula is C15H23N3O. The number of hydrogen-bond donors (Lipinski definition) is 2. The number of urea groups is 1. The Morgan fingerprint density at radius 1 is 1.37 bits per heavy atom. The van der Waals surface area contributed by atoms with Gasteiger partial charge in [-0.15, -0.1) is 0 Å². The molecule has 104 valence electrons. The van der Waals surface area contributed by atoms with Crippen LogP contribution in [0, 0.1) is 5.41 Å². The van der Waals surface area contributed by atoms with Crippen molar-refractivity contribution in [1.82, 2.24) is 10.2 Å². The Bertz CT molecular complexity index is 491. The van der Waals surface area contributed by atoms with E-state index in [-0.39, 0.29) is 11.4 Å². The van der Waals surface area contributed by atoms with Crippen molar-refractivity contribution >= 4 is 11.7 Å². The quantitative estimate of drug-likeness (QED) is 0.859. The molecule has 1 aromatic carbocycles. The van der Waals surface area contributed by atoms with Crippen LogP contribution in [0.25, 0.3) is 0 Å². The lowest BCUT2D eigenvalue weighted by atomic mass is 9.82. The first-order chi connectivity index (χ1) is 8.82. The fraction of sp³-hybridized carbons (Fsp3) is 0.533. The smallest absolute Gasteiger partial charge is 0.321 e. The van der Waals surface area contributed by atoms with Gasteiger partial charge in [-0.1, -0.05) is 32.9 Å². The first-order valence-electron chi connectivity index (χ1n) is 6.65. The van der Waals surface area contributed by atoms with E-state index in [4.69, 9.17) is 0 Å². The molecule has 1 aliphatic heterocycles. The molecule has 1 atom stereocenters. The number of amides is 2. The van der Waals surface area contributed by atoms with Crippen molar-refractivity contribution in [3.63, 3.8) is 0 Å². The van der Waals surface area contributed by atoms with Crippen molar-refractivity contribution in [1.29, 1.82) is 0 Å². The van der Waals surface area contributed by atoms with Crippen molar-refractivity contribution in [2.24, 2.45) is 5.41 Å². The van der Waals surface area contributed by atoms with Gasteiger partial charge in [-0.2, -0.15) is 0 Å². The molecule has 2 amide bonds. The third kappa shape index (κ3) is 2.73. The van der Waals surface area contributed by atoms with Crippen LogP contribution in [0.3, 0.4) is 0 Å². The van der Waals surface area contributed by atoms with Crippen LogP contribution in [0.15, 0.2) is 18.2 Å². The molecular weight excluding hydrogens is 238 g/mol. The minimum absolute atomic E-state index is 0.0405. The number of nitrogens with one attached hydrogen (secondary N) is 2. The zero-order valence-electron chi connectivity index (χ0n) is 12.4. The lowest BCUT2D eigenvalue weighted by molar-refractivity contribution is 0.218. The van der Waals surface area contributed by atoms with E-state index in [0.717, 1.165) is 5.69 Å². The summed E-state index contributed by atoms with van der Waals surface area (Å²) in [6, 6.07) is 6.54. The van der Waals surface area contributed by atoms with Crippen LogP contribution in [0.4, 0.5) is 10.5 Å². The highest BCUT2D eigenvalue weighted by Gasteiger charge is 2.26. The van der Waals surface area contributed by atoms with Crippen molar-refractivity contribution in [2.75, 3.05) is 19.4 Å². The van der Waals surface area contributed by atoms with Crippen LogP contribution in [-0.4, -0.2) is 25.0 Å². The highest BCUT2D eigenvalue weighted by Crippen LogP contribution is 2.34. The molecule has 0 bridgehead atoms. The molecule has 0 aliphatic carbocycles. The van der Waals surface area contributed by atoms with Gasteiger partial charge in [-0.05, 0) is 29.7 Å². The first kappa shape index (κ1) is 13.9. The van der Waals surface area contributed by atoms with E-state index < -0.39 is 0 Å². The topological polar surface area (TPSA) is 44.4 Å². The van der Waals surface area contributed by atoms with E-state index in [9.17, 15) is 4.79 Å². The molecule has 1 unspecified atom stereocenters. The lowest BCUT2D eigenvalue weighted by Gasteiger charge is -2.32. The Hall–Kier alpha value is -1.55. The lowest BCUT2D eigenvalue weighted by Crippen LogP contribution is -2.36. The SMILES string of the molecule is CNC(c1ccc2c(c1)CN(C)C(=O)N2)C(C)(C)C. The number of fused-ring (bicyclic) bond motifs is 1. The predicted octanol–water partition coefficient (Wildman–Crippen LogP) is 2.97. The van der Waals surface area contributed by atoms with Gasteiger partial charge < -0.3 is 15.5 Å². The van der Waals surface area contributed by atoms with Crippen LogP contribution in [0.2, 0.25) is 0 Å². The molecule has 0 saturated carbocycles. The minimum Gasteiger partial charge on any atom is -0.323 e. The molecule has 1 aromatic rings. The van der Waals surface area contributed by atoms with Crippen LogP contribution in [0.1, 0.15) is 37.9 Å². The Morgan fingerprint density at radius 2 is 2.05 bits per heavy atom. The molecule has 0 saturated heterocycles. The number of rotatable bonds is 2. The van der Waals surface area contributed by atoms with Crippen LogP contribution in [-0.2, 0) is 6.54 Å². The minimum atomic E-state index is -0.0405. The zero-order chi connectivity index (χ0) is 14.2. The average Bonchev–Trinajstić information content (AvgIpc) is 2.30. The summed E-state index contributed by atoms with van der Waals surface area (Å²) in [5.41, 5.74) is 3.50. The molecule has 1 aliphatic rings. The number of anilines is 1. The van der Waals surface area contributed by atoms with Gasteiger partial charge in [0.2, 0.25) is 0 Å². The third-order valence-corrected chi connectivity index (χ3v) is 3.61. The van der Waals surface area contributed by atoms with Crippen LogP contribution >= 0.6 is 0 Å². The predicted molar refractivity (Wildman–Crippen MR) is 78.2 cm³/mol. The van der Waals surface area contributed by atoms with Gasteiger partial charge in [-0.25, -0.2) is 4.79 Å². The van der Waals surface area contributed by atoms with Crippen LogP contribution in [0.5, 0.6) is 0 Å². The Morgan fingerprint density at radius 3 is 2.63 bits per heavy atom. The third-order valence-electron chi connectivity index (χ3n) is 3.61. The molecule has 0 spiro atoms. The maximum atomic E-state index is 11.6. The largest absolute Gasteiger partial charge is 0.323 e. The first-order valence-corrected chi connectivity index (χ1v) is 6.65. The molecule has 2 rings (SSSR count). The van der Waals surface area contributed by atoms with E-state index in [1.165, 1.54) is 11.1 Å². The second-order valence-corrected chi connectivity index (χ2v) is 6.29. The fourth-order valence-electron chi connectivity index (χ4n) is 2.68. The Balaban J connectivity index is 2.36. The van der Waals surface area contributed by atoms with Crippen LogP contribution < -0.4 is 10.6 Å². The van der Waals surface area contributed by atoms with Crippen molar-refractivity contribution in [3.05, 3.63) is 29.3 Å². The molecule has 19 heavy (non-hydrogen) atoms. The number of nitrogens with zero attached hydrogens (tertiary/aromatic N) is 1. The maximum absolute atomic E-state index is 11.6. The van der Waals surface area contributed by atoms with E-state index >= 15 is 0 Å². The molecule has 1 heterocycles. The number of carbonyl (C=O) groups is 1. The Labute approximate surface area is 115 Å². The van der Waals surface area contributed by atoms with Gasteiger partial charge in [0, 0.05) is 25.3 Å². The van der Waals surface area contributed by atoms with Crippen molar-refractivity contribution in [3.8, 4) is 0 Å². The second kappa shape index (κ2) is 4.85. The van der Waals surface area contributed by atoms with Gasteiger partial charge in [0.05, 0.1) is 0 Å². The summed E-state index contributed by atoms with van der Waals surface area (Å²) in [7, 11) is 3.80. The van der Waals surface area contributed by atoms with Crippen molar-refractivity contribution in [2.45, 2.75) is 33.4 Å². The van der Waals surface area contributed by atoms with Gasteiger partial charge >= 0.3 is 6.03 Å². The highest BCUT2D eigenvalue weighted by atomic mass is 16.2. The monoisotopic (exact) mass is 261 g/mol. The molecule has 4 heteroatoms. The normalized spacial score (nSPS) is 16.9. The van der Waals surface area contributed by atoms with E-state index in [2.05, 4.69) is 43.5 Å². The summed E-state index contributed by atoms with van der Waals surface area (Å²) in [6.07, 6.45) is 0. The standard InChI is InChI=1S/C15H23N3O/c1-15(2,3)13(16-4)10-6-7-12-11(8-10)9-18(5)14(19)17-12/h6-8,13,16H,9H2,1-5H3,(H,17,19). The average molecular weight is 261 g/mol. The molecule has 2 N–H and O–H groups in total. The van der Waals surface area contributed by atoms with Gasteiger partial charge in [0.15, 0.2) is 0 Å². The number of benzene rings is 1. The van der Waals surface area contributed by atoms with Crippen molar-refractivity contribution < 1.29 is 4.79 Å². The summed E-state index contributed by atoms with van der Waals surface area (Å²) < 4.78 is 0. The summed E-state index contributed by atoms with van der Waals surface area (Å²) in [5.74, 6) is 0. The number of carbonyl (C=O) groups excluding carboxylic acids is 1. The molecule has 0 fully saturated rings. The maximum Gasteiger partial charge on any atom is 0.321 e. The van der Waals surface area contributed by atoms with Gasteiger partial charge in [0.1, 0.15) is 0 Å². The number of hydrogen-bond acceptors (Lipinski definition) is 2. The fourth-order valence-corrected chi connectivity index (χ4v) is 2.68. The zero-order valence-corrected chi connectivity index (χ0v) is 12.4. The Kier molecular flexibility index (Phi) is 3.54. The molecule has 4 nitrogen and oxygen atoms in total. The summed E-state index contributed by atoms with van der Waals surface area (Å²) in [5, 5.41) is 6.28. The second-order valence-electron chi connectivity index (χ2n) is 6.29. The summed E-state index contributed by atoms with van der Waals surface area (Å²) in [4.78, 5) is 13.3. The molecule has 0 radical (unpaired) electrons. The van der Waals surface area contributed by atoms with Gasteiger partial charge in [0.25, 0.3) is 0 Å². The van der Waals surface area contributed by atoms with E-state index in [0.29, 0.717) is 12.6 Å². The van der Waals surface area contributed by atoms with Gasteiger partial charge in [-0.3, -0.25) is 0 Å². The summed E-state index contributed by atoms with van der Waals surface area (Å²) in [6.45, 7) is 7.33. The highest BCUT2D eigenvalue weighted by molar-refractivity contribution is 5.92. The van der Waals surface area contributed by atoms with E-state index in [1.807, 2.05) is 20.2 Å². The molecule has 0 aromatic heterocycles. The summed E-state index contributed by atoms with van der Waals surface area (Å²) >= 11 is 0. The van der Waals surface area contributed by atoms with E-state index in [1.54, 1.807) is 4.90 Å².